The molecule has 5 rings (SSSR count). The first kappa shape index (κ1) is 28.4. The maximum absolute atomic E-state index is 13.7. The zero-order chi connectivity index (χ0) is 28.2. The summed E-state index contributed by atoms with van der Waals surface area (Å²) in [7, 11) is 2.13. The van der Waals surface area contributed by atoms with Crippen molar-refractivity contribution in [3.63, 3.8) is 0 Å². The van der Waals surface area contributed by atoms with E-state index in [-0.39, 0.29) is 29.9 Å². The van der Waals surface area contributed by atoms with Crippen LogP contribution in [0.4, 0.5) is 10.6 Å². The van der Waals surface area contributed by atoms with Crippen LogP contribution in [0, 0.1) is 0 Å². The Morgan fingerprint density at radius 1 is 1.18 bits per heavy atom. The highest BCUT2D eigenvalue weighted by molar-refractivity contribution is 9.10. The smallest absolute Gasteiger partial charge is 0.410 e. The number of hydrogen-bond acceptors (Lipinski definition) is 8. The van der Waals surface area contributed by atoms with E-state index in [0.29, 0.717) is 52.8 Å². The second kappa shape index (κ2) is 10.7. The molecule has 10 nitrogen and oxygen atoms in total. The molecule has 0 spiro atoms. The van der Waals surface area contributed by atoms with E-state index in [1.807, 2.05) is 40.7 Å². The molecule has 214 valence electrons. The SMILES string of the molecule is CC1CN(c2nc(=O)n3c4c(c(Br)c(Cl)cc24)OCC3CN2CCN(C)CC2)C(C)CN1C(=O)OC(C)(C)C. The molecule has 0 saturated carbocycles. The van der Waals surface area contributed by atoms with E-state index < -0.39 is 5.60 Å². The van der Waals surface area contributed by atoms with Gasteiger partial charge < -0.3 is 24.2 Å². The van der Waals surface area contributed by atoms with Gasteiger partial charge in [-0.25, -0.2) is 9.59 Å². The Labute approximate surface area is 242 Å². The van der Waals surface area contributed by atoms with Gasteiger partial charge in [-0.3, -0.25) is 9.47 Å². The van der Waals surface area contributed by atoms with Crippen molar-refractivity contribution in [3.05, 3.63) is 26.0 Å². The molecule has 1 aromatic carbocycles. The number of hydrogen-bond donors (Lipinski definition) is 0. The number of ether oxygens (including phenoxy) is 2. The van der Waals surface area contributed by atoms with Gasteiger partial charge >= 0.3 is 11.8 Å². The van der Waals surface area contributed by atoms with Crippen molar-refractivity contribution in [2.45, 2.75) is 58.3 Å². The third-order valence-electron chi connectivity index (χ3n) is 7.78. The van der Waals surface area contributed by atoms with Gasteiger partial charge in [0.1, 0.15) is 23.5 Å². The van der Waals surface area contributed by atoms with Crippen molar-refractivity contribution >= 4 is 50.3 Å². The summed E-state index contributed by atoms with van der Waals surface area (Å²) in [6.07, 6.45) is -0.335. The number of halogens is 2. The third-order valence-corrected chi connectivity index (χ3v) is 9.09. The molecule has 0 bridgehead atoms. The van der Waals surface area contributed by atoms with E-state index in [1.54, 1.807) is 9.47 Å². The van der Waals surface area contributed by atoms with Crippen LogP contribution in [0.25, 0.3) is 10.9 Å². The summed E-state index contributed by atoms with van der Waals surface area (Å²) in [5, 5.41) is 1.27. The number of aromatic nitrogens is 2. The Hall–Kier alpha value is -2.08. The summed E-state index contributed by atoms with van der Waals surface area (Å²) in [6, 6.07) is 1.46. The van der Waals surface area contributed by atoms with Crippen molar-refractivity contribution in [1.29, 1.82) is 0 Å². The second-order valence-electron chi connectivity index (χ2n) is 12.0. The Balaban J connectivity index is 1.52. The number of nitrogens with zero attached hydrogens (tertiary/aromatic N) is 6. The molecular weight excluding hydrogens is 588 g/mol. The molecule has 1 aromatic heterocycles. The van der Waals surface area contributed by atoms with Gasteiger partial charge in [0.15, 0.2) is 5.75 Å². The monoisotopic (exact) mass is 624 g/mol. The first-order chi connectivity index (χ1) is 18.3. The topological polar surface area (TPSA) is 83.4 Å². The standard InChI is InChI=1S/C27H38BrClN6O4/c1-16-13-34(26(37)39-27(3,4)5)17(2)12-33(16)24-19-11-20(29)21(28)23-22(19)35(25(36)30-24)18(15-38-23)14-32-9-7-31(6)8-10-32/h11,16-18H,7-10,12-15H2,1-6H3. The molecule has 1 amide bonds. The van der Waals surface area contributed by atoms with Gasteiger partial charge in [0.25, 0.3) is 0 Å². The predicted molar refractivity (Wildman–Crippen MR) is 156 cm³/mol. The summed E-state index contributed by atoms with van der Waals surface area (Å²) in [4.78, 5) is 39.8. The molecule has 2 aromatic rings. The Morgan fingerprint density at radius 3 is 2.54 bits per heavy atom. The molecule has 3 atom stereocenters. The predicted octanol–water partition coefficient (Wildman–Crippen LogP) is 3.83. The highest BCUT2D eigenvalue weighted by Crippen LogP contribution is 2.44. The first-order valence-electron chi connectivity index (χ1n) is 13.6. The van der Waals surface area contributed by atoms with Gasteiger partial charge in [-0.15, -0.1) is 0 Å². The number of likely N-dealkylation sites (N-methyl/N-ethyl adjacent to an activating group) is 1. The van der Waals surface area contributed by atoms with Crippen LogP contribution in [-0.2, 0) is 4.74 Å². The third kappa shape index (κ3) is 5.60. The number of carbonyl (C=O) groups is 1. The summed E-state index contributed by atoms with van der Waals surface area (Å²) < 4.78 is 14.4. The molecule has 3 aliphatic heterocycles. The maximum atomic E-state index is 13.7. The van der Waals surface area contributed by atoms with Crippen LogP contribution in [0.5, 0.6) is 5.75 Å². The first-order valence-corrected chi connectivity index (χ1v) is 14.8. The molecule has 3 aliphatic rings. The number of piperazine rings is 2. The molecule has 0 N–H and O–H groups in total. The Kier molecular flexibility index (Phi) is 7.82. The van der Waals surface area contributed by atoms with Gasteiger partial charge in [-0.2, -0.15) is 4.98 Å². The van der Waals surface area contributed by atoms with Gasteiger partial charge in [0, 0.05) is 63.3 Å². The number of carbonyl (C=O) groups excluding carboxylic acids is 1. The van der Waals surface area contributed by atoms with Crippen molar-refractivity contribution in [1.82, 2.24) is 24.3 Å². The molecular formula is C27H38BrClN6O4. The average molecular weight is 626 g/mol. The lowest BCUT2D eigenvalue weighted by atomic mass is 10.1. The van der Waals surface area contributed by atoms with Gasteiger partial charge in [0.2, 0.25) is 0 Å². The number of amides is 1. The highest BCUT2D eigenvalue weighted by Gasteiger charge is 2.38. The second-order valence-corrected chi connectivity index (χ2v) is 13.2. The zero-order valence-electron chi connectivity index (χ0n) is 23.5. The minimum absolute atomic E-state index is 0.101. The van der Waals surface area contributed by atoms with Crippen LogP contribution in [0.2, 0.25) is 5.02 Å². The van der Waals surface area contributed by atoms with E-state index in [2.05, 4.69) is 42.7 Å². The average Bonchev–Trinajstić information content (AvgIpc) is 2.85. The number of rotatable bonds is 3. The maximum Gasteiger partial charge on any atom is 0.410 e. The fourth-order valence-electron chi connectivity index (χ4n) is 5.71. The van der Waals surface area contributed by atoms with Crippen LogP contribution < -0.4 is 15.3 Å². The van der Waals surface area contributed by atoms with Gasteiger partial charge in [-0.1, -0.05) is 11.6 Å². The van der Waals surface area contributed by atoms with E-state index in [0.717, 1.165) is 31.6 Å². The van der Waals surface area contributed by atoms with Crippen LogP contribution in [0.3, 0.4) is 0 Å². The van der Waals surface area contributed by atoms with Crippen molar-refractivity contribution in [3.8, 4) is 5.75 Å². The summed E-state index contributed by atoms with van der Waals surface area (Å²) in [5.41, 5.74) is -0.167. The molecule has 4 heterocycles. The van der Waals surface area contributed by atoms with Crippen molar-refractivity contribution in [2.75, 3.05) is 64.4 Å². The van der Waals surface area contributed by atoms with Gasteiger partial charge in [-0.05, 0) is 63.7 Å². The van der Waals surface area contributed by atoms with Crippen molar-refractivity contribution in [2.24, 2.45) is 0 Å². The van der Waals surface area contributed by atoms with E-state index in [9.17, 15) is 9.59 Å². The van der Waals surface area contributed by atoms with Crippen molar-refractivity contribution < 1.29 is 14.3 Å². The fourth-order valence-corrected chi connectivity index (χ4v) is 6.32. The molecule has 2 saturated heterocycles. The van der Waals surface area contributed by atoms with Crippen LogP contribution in [0.1, 0.15) is 40.7 Å². The van der Waals surface area contributed by atoms with Crippen LogP contribution in [0.15, 0.2) is 15.3 Å². The largest absolute Gasteiger partial charge is 0.488 e. The minimum Gasteiger partial charge on any atom is -0.488 e. The fraction of sp³-hybridized carbons (Fsp3) is 0.667. The Morgan fingerprint density at radius 2 is 1.87 bits per heavy atom. The molecule has 3 unspecified atom stereocenters. The number of anilines is 1. The molecule has 12 heteroatoms. The van der Waals surface area contributed by atoms with E-state index in [1.165, 1.54) is 0 Å². The molecule has 39 heavy (non-hydrogen) atoms. The number of benzene rings is 1. The summed E-state index contributed by atoms with van der Waals surface area (Å²) in [5.74, 6) is 1.13. The lowest BCUT2D eigenvalue weighted by Gasteiger charge is -2.45. The Bertz CT molecular complexity index is 1320. The lowest BCUT2D eigenvalue weighted by molar-refractivity contribution is 0.0130. The van der Waals surface area contributed by atoms with Gasteiger partial charge in [0.05, 0.1) is 15.5 Å². The molecule has 2 fully saturated rings. The normalized spacial score (nSPS) is 24.7. The van der Waals surface area contributed by atoms with Crippen LogP contribution in [-0.4, -0.2) is 107 Å². The zero-order valence-corrected chi connectivity index (χ0v) is 25.9. The van der Waals surface area contributed by atoms with E-state index in [4.69, 9.17) is 21.1 Å². The summed E-state index contributed by atoms with van der Waals surface area (Å²) >= 11 is 10.2. The van der Waals surface area contributed by atoms with Crippen LogP contribution >= 0.6 is 27.5 Å². The van der Waals surface area contributed by atoms with E-state index >= 15 is 0 Å². The molecule has 0 radical (unpaired) electrons. The molecule has 0 aliphatic carbocycles. The lowest BCUT2D eigenvalue weighted by Crippen LogP contribution is -2.59. The minimum atomic E-state index is -0.575. The highest BCUT2D eigenvalue weighted by atomic mass is 79.9. The summed E-state index contributed by atoms with van der Waals surface area (Å²) in [6.45, 7) is 15.5. The quantitative estimate of drug-likeness (QED) is 0.509.